The number of rotatable bonds is 4. The maximum absolute atomic E-state index is 12.3. The monoisotopic (exact) mass is 309 g/mol. The van der Waals surface area contributed by atoms with Crippen LogP contribution in [0.2, 0.25) is 0 Å². The van der Waals surface area contributed by atoms with Crippen molar-refractivity contribution in [2.45, 2.75) is 19.8 Å². The quantitative estimate of drug-likeness (QED) is 0.944. The summed E-state index contributed by atoms with van der Waals surface area (Å²) in [6, 6.07) is 11.8. The van der Waals surface area contributed by atoms with Gasteiger partial charge in [-0.1, -0.05) is 18.2 Å². The Morgan fingerprint density at radius 1 is 1.22 bits per heavy atom. The van der Waals surface area contributed by atoms with Gasteiger partial charge in [-0.15, -0.1) is 0 Å². The Morgan fingerprint density at radius 2 is 2.00 bits per heavy atom. The first kappa shape index (κ1) is 15.5. The number of carbonyl (C=O) groups excluding carboxylic acids is 1. The average Bonchev–Trinajstić information content (AvgIpc) is 2.61. The van der Waals surface area contributed by atoms with E-state index in [0.717, 1.165) is 43.6 Å². The number of pyridine rings is 1. The van der Waals surface area contributed by atoms with Crippen molar-refractivity contribution in [3.05, 3.63) is 59.9 Å². The molecule has 4 heteroatoms. The van der Waals surface area contributed by atoms with Crippen molar-refractivity contribution in [2.24, 2.45) is 5.92 Å². The van der Waals surface area contributed by atoms with E-state index in [1.165, 1.54) is 5.69 Å². The third-order valence-corrected chi connectivity index (χ3v) is 4.57. The van der Waals surface area contributed by atoms with Crippen molar-refractivity contribution in [3.63, 3.8) is 0 Å². The van der Waals surface area contributed by atoms with Crippen molar-refractivity contribution in [1.82, 2.24) is 10.3 Å². The molecule has 1 aliphatic rings. The number of hydrogen-bond donors (Lipinski definition) is 1. The lowest BCUT2D eigenvalue weighted by Crippen LogP contribution is -2.38. The number of amides is 1. The fourth-order valence-electron chi connectivity index (χ4n) is 3.10. The minimum atomic E-state index is 0.0396. The summed E-state index contributed by atoms with van der Waals surface area (Å²) in [5, 5.41) is 3.09. The molecule has 23 heavy (non-hydrogen) atoms. The molecule has 1 aromatic carbocycles. The minimum Gasteiger partial charge on any atom is -0.370 e. The maximum Gasteiger partial charge on any atom is 0.251 e. The molecule has 0 unspecified atom stereocenters. The van der Waals surface area contributed by atoms with E-state index in [1.54, 1.807) is 6.20 Å². The molecule has 1 aliphatic heterocycles. The molecule has 2 aromatic rings. The summed E-state index contributed by atoms with van der Waals surface area (Å²) in [6.45, 7) is 4.78. The summed E-state index contributed by atoms with van der Waals surface area (Å²) in [6.07, 6.45) is 5.92. The average molecular weight is 309 g/mol. The first-order chi connectivity index (χ1) is 11.2. The van der Waals surface area contributed by atoms with E-state index in [4.69, 9.17) is 0 Å². The molecule has 0 bridgehead atoms. The van der Waals surface area contributed by atoms with Crippen LogP contribution in [0.4, 0.5) is 5.69 Å². The summed E-state index contributed by atoms with van der Waals surface area (Å²) < 4.78 is 0. The Kier molecular flexibility index (Phi) is 4.91. The fraction of sp³-hybridized carbons (Fsp3) is 0.368. The SMILES string of the molecule is Cc1ccccc1C(=O)NCC1CCN(c2cccnc2)CC1. The molecule has 4 nitrogen and oxygen atoms in total. The number of hydrogen-bond acceptors (Lipinski definition) is 3. The zero-order chi connectivity index (χ0) is 16.1. The molecule has 2 heterocycles. The summed E-state index contributed by atoms with van der Waals surface area (Å²) in [5.41, 5.74) is 2.99. The highest BCUT2D eigenvalue weighted by Gasteiger charge is 2.20. The predicted molar refractivity (Wildman–Crippen MR) is 92.7 cm³/mol. The molecule has 0 radical (unpaired) electrons. The second-order valence-corrected chi connectivity index (χ2v) is 6.17. The van der Waals surface area contributed by atoms with Gasteiger partial charge in [0.15, 0.2) is 0 Å². The van der Waals surface area contributed by atoms with Gasteiger partial charge in [-0.05, 0) is 49.4 Å². The Labute approximate surface area is 137 Å². The highest BCUT2D eigenvalue weighted by Crippen LogP contribution is 2.22. The zero-order valence-electron chi connectivity index (χ0n) is 13.5. The number of aromatic nitrogens is 1. The lowest BCUT2D eigenvalue weighted by molar-refractivity contribution is 0.0944. The number of anilines is 1. The van der Waals surface area contributed by atoms with Crippen molar-refractivity contribution >= 4 is 11.6 Å². The summed E-state index contributed by atoms with van der Waals surface area (Å²) in [4.78, 5) is 18.8. The van der Waals surface area contributed by atoms with Crippen LogP contribution in [0.5, 0.6) is 0 Å². The van der Waals surface area contributed by atoms with E-state index < -0.39 is 0 Å². The molecule has 1 aromatic heterocycles. The topological polar surface area (TPSA) is 45.2 Å². The number of piperidine rings is 1. The second kappa shape index (κ2) is 7.27. The Hall–Kier alpha value is -2.36. The molecule has 1 N–H and O–H groups in total. The predicted octanol–water partition coefficient (Wildman–Crippen LogP) is 3.04. The van der Waals surface area contributed by atoms with Crippen LogP contribution in [0.3, 0.4) is 0 Å². The Balaban J connectivity index is 1.48. The van der Waals surface area contributed by atoms with Crippen molar-refractivity contribution in [3.8, 4) is 0 Å². The van der Waals surface area contributed by atoms with Crippen LogP contribution < -0.4 is 10.2 Å². The van der Waals surface area contributed by atoms with Crippen LogP contribution in [-0.4, -0.2) is 30.5 Å². The molecule has 1 amide bonds. The highest BCUT2D eigenvalue weighted by atomic mass is 16.1. The second-order valence-electron chi connectivity index (χ2n) is 6.17. The first-order valence-corrected chi connectivity index (χ1v) is 8.23. The van der Waals surface area contributed by atoms with Gasteiger partial charge in [-0.3, -0.25) is 9.78 Å². The number of benzene rings is 1. The van der Waals surface area contributed by atoms with Gasteiger partial charge in [0, 0.05) is 31.4 Å². The number of aryl methyl sites for hydroxylation is 1. The number of nitrogens with one attached hydrogen (secondary N) is 1. The maximum atomic E-state index is 12.3. The fourth-order valence-corrected chi connectivity index (χ4v) is 3.10. The van der Waals surface area contributed by atoms with Crippen LogP contribution in [0.15, 0.2) is 48.8 Å². The molecule has 120 valence electrons. The summed E-state index contributed by atoms with van der Waals surface area (Å²) in [7, 11) is 0. The third-order valence-electron chi connectivity index (χ3n) is 4.57. The third kappa shape index (κ3) is 3.89. The van der Waals surface area contributed by atoms with Gasteiger partial charge in [0.2, 0.25) is 0 Å². The number of carbonyl (C=O) groups is 1. The molecule has 1 saturated heterocycles. The van der Waals surface area contributed by atoms with Crippen LogP contribution in [0.1, 0.15) is 28.8 Å². The van der Waals surface area contributed by atoms with E-state index in [-0.39, 0.29) is 5.91 Å². The van der Waals surface area contributed by atoms with E-state index in [1.807, 2.05) is 43.5 Å². The molecule has 0 atom stereocenters. The van der Waals surface area contributed by atoms with Crippen LogP contribution in [-0.2, 0) is 0 Å². The molecular weight excluding hydrogens is 286 g/mol. The van der Waals surface area contributed by atoms with Gasteiger partial charge in [0.1, 0.15) is 0 Å². The van der Waals surface area contributed by atoms with Gasteiger partial charge in [0.05, 0.1) is 11.9 Å². The van der Waals surface area contributed by atoms with E-state index in [9.17, 15) is 4.79 Å². The van der Waals surface area contributed by atoms with Crippen molar-refractivity contribution in [2.75, 3.05) is 24.5 Å². The van der Waals surface area contributed by atoms with E-state index >= 15 is 0 Å². The zero-order valence-corrected chi connectivity index (χ0v) is 13.5. The van der Waals surface area contributed by atoms with Gasteiger partial charge in [0.25, 0.3) is 5.91 Å². The Bertz CT molecular complexity index is 649. The van der Waals surface area contributed by atoms with Gasteiger partial charge >= 0.3 is 0 Å². The smallest absolute Gasteiger partial charge is 0.251 e. The number of nitrogens with zero attached hydrogens (tertiary/aromatic N) is 2. The van der Waals surface area contributed by atoms with Crippen LogP contribution in [0, 0.1) is 12.8 Å². The molecule has 0 aliphatic carbocycles. The normalized spacial score (nSPS) is 15.4. The van der Waals surface area contributed by atoms with Crippen molar-refractivity contribution < 1.29 is 4.79 Å². The summed E-state index contributed by atoms with van der Waals surface area (Å²) in [5.74, 6) is 0.591. The largest absolute Gasteiger partial charge is 0.370 e. The van der Waals surface area contributed by atoms with E-state index in [2.05, 4.69) is 21.3 Å². The lowest BCUT2D eigenvalue weighted by atomic mass is 9.96. The summed E-state index contributed by atoms with van der Waals surface area (Å²) >= 11 is 0. The first-order valence-electron chi connectivity index (χ1n) is 8.23. The van der Waals surface area contributed by atoms with Gasteiger partial charge in [-0.25, -0.2) is 0 Å². The standard InChI is InChI=1S/C19H23N3O/c1-15-5-2-3-7-18(15)19(23)21-13-16-8-11-22(12-9-16)17-6-4-10-20-14-17/h2-7,10,14,16H,8-9,11-13H2,1H3,(H,21,23). The molecule has 1 fully saturated rings. The molecule has 3 rings (SSSR count). The van der Waals surface area contributed by atoms with Gasteiger partial charge in [-0.2, -0.15) is 0 Å². The molecule has 0 spiro atoms. The van der Waals surface area contributed by atoms with Crippen LogP contribution in [0.25, 0.3) is 0 Å². The van der Waals surface area contributed by atoms with Gasteiger partial charge < -0.3 is 10.2 Å². The molecule has 0 saturated carbocycles. The van der Waals surface area contributed by atoms with Crippen molar-refractivity contribution in [1.29, 1.82) is 0 Å². The lowest BCUT2D eigenvalue weighted by Gasteiger charge is -2.33. The molecular formula is C19H23N3O. The highest BCUT2D eigenvalue weighted by molar-refractivity contribution is 5.95. The minimum absolute atomic E-state index is 0.0396. The van der Waals surface area contributed by atoms with E-state index in [0.29, 0.717) is 5.92 Å². The Morgan fingerprint density at radius 3 is 2.70 bits per heavy atom. The van der Waals surface area contributed by atoms with Crippen LogP contribution >= 0.6 is 0 Å².